The van der Waals surface area contributed by atoms with Crippen molar-refractivity contribution in [2.75, 3.05) is 20.3 Å². The van der Waals surface area contributed by atoms with Gasteiger partial charge in [-0.3, -0.25) is 4.79 Å². The zero-order valence-electron chi connectivity index (χ0n) is 19.7. The Labute approximate surface area is 196 Å². The van der Waals surface area contributed by atoms with Crippen molar-refractivity contribution in [3.8, 4) is 17.2 Å². The summed E-state index contributed by atoms with van der Waals surface area (Å²) >= 11 is 0. The highest BCUT2D eigenvalue weighted by molar-refractivity contribution is 5.86. The van der Waals surface area contributed by atoms with E-state index in [0.717, 1.165) is 42.6 Å². The van der Waals surface area contributed by atoms with Gasteiger partial charge in [-0.1, -0.05) is 51.0 Å². The Morgan fingerprint density at radius 2 is 1.79 bits per heavy atom. The standard InChI is InChI=1S/C26H35N3O4/c1-4-6-9-15-33-20-13-12-17(16-21(20)32-3)25-22-23(18-10-7-8-11-19(18)30)27-28-24(22)26(31)29(25)14-5-2/h7-8,10-13,16,22-25,27-28,30H,4-6,9,14-15H2,1-3H3. The van der Waals surface area contributed by atoms with E-state index in [1.54, 1.807) is 13.2 Å². The molecule has 1 amide bonds. The van der Waals surface area contributed by atoms with Crippen LogP contribution in [0.4, 0.5) is 0 Å². The molecular formula is C26H35N3O4. The number of hydrogen-bond acceptors (Lipinski definition) is 6. The fourth-order valence-corrected chi connectivity index (χ4v) is 5.13. The Balaban J connectivity index is 1.68. The highest BCUT2D eigenvalue weighted by atomic mass is 16.5. The van der Waals surface area contributed by atoms with Gasteiger partial charge in [0.2, 0.25) is 5.91 Å². The number of carbonyl (C=O) groups excluding carboxylic acids is 1. The summed E-state index contributed by atoms with van der Waals surface area (Å²) < 4.78 is 11.6. The molecule has 7 nitrogen and oxygen atoms in total. The Morgan fingerprint density at radius 1 is 1.00 bits per heavy atom. The van der Waals surface area contributed by atoms with Gasteiger partial charge in [-0.15, -0.1) is 0 Å². The van der Waals surface area contributed by atoms with Crippen LogP contribution in [-0.2, 0) is 4.79 Å². The maximum atomic E-state index is 13.4. The lowest BCUT2D eigenvalue weighted by Gasteiger charge is -2.31. The topological polar surface area (TPSA) is 83.1 Å². The van der Waals surface area contributed by atoms with Crippen molar-refractivity contribution in [1.82, 2.24) is 15.8 Å². The van der Waals surface area contributed by atoms with Crippen LogP contribution in [0.25, 0.3) is 0 Å². The molecule has 0 spiro atoms. The van der Waals surface area contributed by atoms with E-state index in [0.29, 0.717) is 18.9 Å². The van der Waals surface area contributed by atoms with Crippen LogP contribution in [0.3, 0.4) is 0 Å². The van der Waals surface area contributed by atoms with E-state index in [9.17, 15) is 9.90 Å². The van der Waals surface area contributed by atoms with E-state index < -0.39 is 0 Å². The van der Waals surface area contributed by atoms with Crippen LogP contribution in [-0.4, -0.2) is 42.2 Å². The van der Waals surface area contributed by atoms with Crippen LogP contribution in [0.15, 0.2) is 42.5 Å². The average molecular weight is 454 g/mol. The van der Waals surface area contributed by atoms with Crippen LogP contribution >= 0.6 is 0 Å². The number of ether oxygens (including phenoxy) is 2. The van der Waals surface area contributed by atoms with Crippen LogP contribution in [0.2, 0.25) is 0 Å². The normalized spacial score (nSPS) is 24.2. The van der Waals surface area contributed by atoms with Crippen molar-refractivity contribution in [2.24, 2.45) is 5.92 Å². The molecule has 4 rings (SSSR count). The van der Waals surface area contributed by atoms with Gasteiger partial charge in [0.1, 0.15) is 11.8 Å². The minimum Gasteiger partial charge on any atom is -0.508 e. The van der Waals surface area contributed by atoms with Crippen molar-refractivity contribution in [3.63, 3.8) is 0 Å². The van der Waals surface area contributed by atoms with Crippen molar-refractivity contribution in [2.45, 2.75) is 57.7 Å². The summed E-state index contributed by atoms with van der Waals surface area (Å²) in [6.45, 7) is 5.58. The summed E-state index contributed by atoms with van der Waals surface area (Å²) in [6, 6.07) is 12.6. The molecule has 7 heteroatoms. The number of hydrazine groups is 1. The predicted molar refractivity (Wildman–Crippen MR) is 127 cm³/mol. The second kappa shape index (κ2) is 10.4. The number of phenolic OH excluding ortho intramolecular Hbond substituents is 1. The molecule has 0 radical (unpaired) electrons. The van der Waals surface area contributed by atoms with Gasteiger partial charge in [-0.2, -0.15) is 0 Å². The fraction of sp³-hybridized carbons (Fsp3) is 0.500. The number of rotatable bonds is 10. The maximum absolute atomic E-state index is 13.4. The van der Waals surface area contributed by atoms with E-state index in [4.69, 9.17) is 9.47 Å². The molecule has 2 saturated heterocycles. The number of nitrogens with zero attached hydrogens (tertiary/aromatic N) is 1. The third-order valence-corrected chi connectivity index (χ3v) is 6.68. The molecule has 3 N–H and O–H groups in total. The van der Waals surface area contributed by atoms with Gasteiger partial charge in [0.15, 0.2) is 11.5 Å². The Bertz CT molecular complexity index is 966. The third kappa shape index (κ3) is 4.52. The number of para-hydroxylation sites is 1. The van der Waals surface area contributed by atoms with Crippen LogP contribution < -0.4 is 20.3 Å². The molecule has 2 aliphatic heterocycles. The van der Waals surface area contributed by atoms with Gasteiger partial charge in [-0.05, 0) is 36.6 Å². The summed E-state index contributed by atoms with van der Waals surface area (Å²) in [5.41, 5.74) is 8.27. The minimum atomic E-state index is -0.359. The first-order valence-electron chi connectivity index (χ1n) is 12.0. The first-order chi connectivity index (χ1) is 16.1. The number of likely N-dealkylation sites (tertiary alicyclic amines) is 1. The summed E-state index contributed by atoms with van der Waals surface area (Å²) in [6.07, 6.45) is 4.15. The second-order valence-corrected chi connectivity index (χ2v) is 8.82. The number of hydrogen-bond donors (Lipinski definition) is 3. The molecule has 2 aromatic rings. The number of fused-ring (bicyclic) bond motifs is 1. The molecule has 0 bridgehead atoms. The maximum Gasteiger partial charge on any atom is 0.242 e. The molecular weight excluding hydrogens is 418 g/mol. The lowest BCUT2D eigenvalue weighted by molar-refractivity contribution is -0.130. The van der Waals surface area contributed by atoms with Gasteiger partial charge in [0.05, 0.1) is 25.8 Å². The molecule has 4 atom stereocenters. The molecule has 0 saturated carbocycles. The zero-order chi connectivity index (χ0) is 23.4. The molecule has 178 valence electrons. The molecule has 4 unspecified atom stereocenters. The molecule has 2 heterocycles. The summed E-state index contributed by atoms with van der Waals surface area (Å²) in [4.78, 5) is 15.3. The Morgan fingerprint density at radius 3 is 2.52 bits per heavy atom. The summed E-state index contributed by atoms with van der Waals surface area (Å²) in [7, 11) is 1.65. The van der Waals surface area contributed by atoms with E-state index >= 15 is 0 Å². The van der Waals surface area contributed by atoms with Gasteiger partial charge in [0.25, 0.3) is 0 Å². The first kappa shape index (κ1) is 23.4. The summed E-state index contributed by atoms with van der Waals surface area (Å²) in [5, 5.41) is 10.5. The Hall–Kier alpha value is -2.77. The Kier molecular flexibility index (Phi) is 7.40. The highest BCUT2D eigenvalue weighted by Gasteiger charge is 2.55. The number of amides is 1. The predicted octanol–water partition coefficient (Wildman–Crippen LogP) is 4.10. The molecule has 0 aromatic heterocycles. The molecule has 33 heavy (non-hydrogen) atoms. The molecule has 2 fully saturated rings. The highest BCUT2D eigenvalue weighted by Crippen LogP contribution is 2.49. The number of unbranched alkanes of at least 4 members (excludes halogenated alkanes) is 2. The molecule has 2 aromatic carbocycles. The molecule has 2 aliphatic rings. The average Bonchev–Trinajstić information content (AvgIpc) is 3.37. The van der Waals surface area contributed by atoms with Crippen LogP contribution in [0, 0.1) is 5.92 Å². The van der Waals surface area contributed by atoms with E-state index in [1.165, 1.54) is 0 Å². The monoisotopic (exact) mass is 453 g/mol. The number of methoxy groups -OCH3 is 1. The van der Waals surface area contributed by atoms with Crippen LogP contribution in [0.1, 0.15) is 62.7 Å². The third-order valence-electron chi connectivity index (χ3n) is 6.68. The van der Waals surface area contributed by atoms with Gasteiger partial charge >= 0.3 is 0 Å². The minimum absolute atomic E-state index is 0.0797. The number of aromatic hydroxyl groups is 1. The smallest absolute Gasteiger partial charge is 0.242 e. The van der Waals surface area contributed by atoms with E-state index in [-0.39, 0.29) is 35.7 Å². The van der Waals surface area contributed by atoms with Gasteiger partial charge in [-0.25, -0.2) is 10.9 Å². The van der Waals surface area contributed by atoms with Crippen molar-refractivity contribution >= 4 is 5.91 Å². The zero-order valence-corrected chi connectivity index (χ0v) is 19.7. The first-order valence-corrected chi connectivity index (χ1v) is 12.0. The second-order valence-electron chi connectivity index (χ2n) is 8.82. The molecule has 0 aliphatic carbocycles. The number of benzene rings is 2. The number of phenols is 1. The van der Waals surface area contributed by atoms with Crippen molar-refractivity contribution in [1.29, 1.82) is 0 Å². The lowest BCUT2D eigenvalue weighted by Crippen LogP contribution is -2.41. The summed E-state index contributed by atoms with van der Waals surface area (Å²) in [5.74, 6) is 1.62. The van der Waals surface area contributed by atoms with Crippen LogP contribution in [0.5, 0.6) is 17.2 Å². The van der Waals surface area contributed by atoms with Gasteiger partial charge < -0.3 is 19.5 Å². The quantitative estimate of drug-likeness (QED) is 0.470. The fourth-order valence-electron chi connectivity index (χ4n) is 5.13. The van der Waals surface area contributed by atoms with Crippen molar-refractivity contribution in [3.05, 3.63) is 53.6 Å². The largest absolute Gasteiger partial charge is 0.508 e. The van der Waals surface area contributed by atoms with E-state index in [2.05, 4.69) is 24.7 Å². The lowest BCUT2D eigenvalue weighted by atomic mass is 9.83. The number of carbonyl (C=O) groups is 1. The number of nitrogens with one attached hydrogen (secondary N) is 2. The van der Waals surface area contributed by atoms with E-state index in [1.807, 2.05) is 41.3 Å². The van der Waals surface area contributed by atoms with Gasteiger partial charge in [0, 0.05) is 18.0 Å². The van der Waals surface area contributed by atoms with Crippen molar-refractivity contribution < 1.29 is 19.4 Å². The SMILES string of the molecule is CCCCCOc1ccc(C2C3C(NNC3c3ccccc3O)C(=O)N2CCC)cc1OC.